The molecule has 6 nitrogen and oxygen atoms in total. The van der Waals surface area contributed by atoms with Crippen LogP contribution in [-0.2, 0) is 6.54 Å². The molecule has 3 aromatic rings. The van der Waals surface area contributed by atoms with Gasteiger partial charge in [0.15, 0.2) is 0 Å². The van der Waals surface area contributed by atoms with E-state index in [0.29, 0.717) is 17.7 Å². The van der Waals surface area contributed by atoms with Gasteiger partial charge in [-0.2, -0.15) is 0 Å². The lowest BCUT2D eigenvalue weighted by atomic mass is 9.95. The van der Waals surface area contributed by atoms with Crippen LogP contribution in [0, 0.1) is 5.92 Å². The van der Waals surface area contributed by atoms with Crippen molar-refractivity contribution in [1.82, 2.24) is 24.8 Å². The second-order valence-corrected chi connectivity index (χ2v) is 7.82. The first-order valence-electron chi connectivity index (χ1n) is 9.90. The van der Waals surface area contributed by atoms with Gasteiger partial charge in [-0.05, 0) is 30.9 Å². The lowest BCUT2D eigenvalue weighted by molar-refractivity contribution is 0.0729. The molecule has 3 fully saturated rings. The maximum Gasteiger partial charge on any atom is 0.274 e. The van der Waals surface area contributed by atoms with E-state index in [0.717, 1.165) is 43.8 Å². The number of aromatic nitrogens is 3. The number of hydrogen-bond donors (Lipinski definition) is 0. The van der Waals surface area contributed by atoms with Crippen molar-refractivity contribution in [3.05, 3.63) is 66.4 Å². The molecular weight excluding hydrogens is 350 g/mol. The first-order valence-corrected chi connectivity index (χ1v) is 9.90. The standard InChI is InChI=1S/C22H23N5O/c28-22(21-11-23-9-10-24-21)27-13-16-5-8-19(15-27)26(12-16)14-18-7-6-17-3-1-2-4-20(17)25-18/h1-4,6-7,9-11,16,19H,5,8,12-15H2/t16-,19-/m0/s1. The minimum atomic E-state index is -0.00400. The monoisotopic (exact) mass is 373 g/mol. The van der Waals surface area contributed by atoms with E-state index in [9.17, 15) is 4.79 Å². The van der Waals surface area contributed by atoms with Crippen LogP contribution in [0.25, 0.3) is 10.9 Å². The fourth-order valence-electron chi connectivity index (χ4n) is 4.51. The van der Waals surface area contributed by atoms with Crippen molar-refractivity contribution >= 4 is 16.8 Å². The third kappa shape index (κ3) is 3.36. The van der Waals surface area contributed by atoms with Crippen molar-refractivity contribution in [1.29, 1.82) is 0 Å². The van der Waals surface area contributed by atoms with E-state index in [2.05, 4.69) is 39.1 Å². The molecule has 0 saturated carbocycles. The molecule has 0 spiro atoms. The number of fused-ring (bicyclic) bond motifs is 5. The number of rotatable bonds is 3. The number of nitrogens with zero attached hydrogens (tertiary/aromatic N) is 5. The molecule has 1 aromatic carbocycles. The normalized spacial score (nSPS) is 22.4. The summed E-state index contributed by atoms with van der Waals surface area (Å²) in [4.78, 5) is 30.4. The van der Waals surface area contributed by atoms with E-state index in [-0.39, 0.29) is 5.91 Å². The predicted octanol–water partition coefficient (Wildman–Crippen LogP) is 2.76. The van der Waals surface area contributed by atoms with Gasteiger partial charge in [0.2, 0.25) is 0 Å². The second-order valence-electron chi connectivity index (χ2n) is 7.82. The highest BCUT2D eigenvalue weighted by atomic mass is 16.2. The van der Waals surface area contributed by atoms with Crippen molar-refractivity contribution in [3.63, 3.8) is 0 Å². The number of carbonyl (C=O) groups excluding carboxylic acids is 1. The van der Waals surface area contributed by atoms with E-state index >= 15 is 0 Å². The van der Waals surface area contributed by atoms with Crippen molar-refractivity contribution in [2.24, 2.45) is 5.92 Å². The Morgan fingerprint density at radius 2 is 1.96 bits per heavy atom. The molecule has 3 aliphatic rings. The SMILES string of the molecule is O=C(c1cnccn1)N1C[C@H]2CC[C@@H](C1)N(Cc1ccc3ccccc3n1)C2. The van der Waals surface area contributed by atoms with Gasteiger partial charge in [0, 0.05) is 50.0 Å². The quantitative estimate of drug-likeness (QED) is 0.706. The van der Waals surface area contributed by atoms with Crippen LogP contribution in [0.5, 0.6) is 0 Å². The largest absolute Gasteiger partial charge is 0.335 e. The van der Waals surface area contributed by atoms with Crippen LogP contribution in [-0.4, -0.2) is 56.3 Å². The highest BCUT2D eigenvalue weighted by Crippen LogP contribution is 2.29. The minimum absolute atomic E-state index is 0.00400. The summed E-state index contributed by atoms with van der Waals surface area (Å²) in [6.45, 7) is 3.40. The fraction of sp³-hybridized carbons (Fsp3) is 0.364. The number of hydrogen-bond acceptors (Lipinski definition) is 5. The summed E-state index contributed by atoms with van der Waals surface area (Å²) >= 11 is 0. The van der Waals surface area contributed by atoms with Crippen molar-refractivity contribution in [2.75, 3.05) is 19.6 Å². The summed E-state index contributed by atoms with van der Waals surface area (Å²) in [6, 6.07) is 12.9. The van der Waals surface area contributed by atoms with Gasteiger partial charge in [0.05, 0.1) is 17.4 Å². The third-order valence-corrected chi connectivity index (χ3v) is 5.92. The zero-order chi connectivity index (χ0) is 18.9. The highest BCUT2D eigenvalue weighted by Gasteiger charge is 2.37. The first kappa shape index (κ1) is 17.3. The van der Waals surface area contributed by atoms with Gasteiger partial charge in [-0.1, -0.05) is 24.3 Å². The molecule has 0 unspecified atom stereocenters. The number of para-hydroxylation sites is 1. The Balaban J connectivity index is 1.34. The summed E-state index contributed by atoms with van der Waals surface area (Å²) in [7, 11) is 0. The summed E-state index contributed by atoms with van der Waals surface area (Å²) in [6.07, 6.45) is 7.05. The maximum atomic E-state index is 12.9. The fourth-order valence-corrected chi connectivity index (χ4v) is 4.51. The van der Waals surface area contributed by atoms with E-state index in [1.165, 1.54) is 11.8 Å². The van der Waals surface area contributed by atoms with Gasteiger partial charge in [0.1, 0.15) is 5.69 Å². The Kier molecular flexibility index (Phi) is 4.49. The minimum Gasteiger partial charge on any atom is -0.335 e. The molecule has 1 amide bonds. The summed E-state index contributed by atoms with van der Waals surface area (Å²) in [5.41, 5.74) is 2.57. The van der Waals surface area contributed by atoms with Gasteiger partial charge < -0.3 is 4.90 Å². The Morgan fingerprint density at radius 3 is 2.86 bits per heavy atom. The van der Waals surface area contributed by atoms with E-state index < -0.39 is 0 Å². The van der Waals surface area contributed by atoms with Crippen molar-refractivity contribution in [2.45, 2.75) is 25.4 Å². The van der Waals surface area contributed by atoms with Crippen LogP contribution in [0.1, 0.15) is 29.0 Å². The smallest absolute Gasteiger partial charge is 0.274 e. The number of amides is 1. The Bertz CT molecular complexity index is 992. The molecule has 5 heterocycles. The average molecular weight is 373 g/mol. The summed E-state index contributed by atoms with van der Waals surface area (Å²) < 4.78 is 0. The summed E-state index contributed by atoms with van der Waals surface area (Å²) in [5, 5.41) is 1.17. The van der Waals surface area contributed by atoms with Gasteiger partial charge >= 0.3 is 0 Å². The Hall–Kier alpha value is -2.86. The van der Waals surface area contributed by atoms with Crippen LogP contribution in [0.2, 0.25) is 0 Å². The van der Waals surface area contributed by atoms with Gasteiger partial charge in [-0.3, -0.25) is 19.7 Å². The molecule has 2 atom stereocenters. The molecule has 28 heavy (non-hydrogen) atoms. The van der Waals surface area contributed by atoms with Crippen LogP contribution in [0.3, 0.4) is 0 Å². The highest BCUT2D eigenvalue weighted by molar-refractivity contribution is 5.92. The molecule has 3 saturated heterocycles. The van der Waals surface area contributed by atoms with Gasteiger partial charge in [-0.15, -0.1) is 0 Å². The Labute approximate surface area is 164 Å². The Morgan fingerprint density at radius 1 is 1.04 bits per heavy atom. The zero-order valence-electron chi connectivity index (χ0n) is 15.7. The van der Waals surface area contributed by atoms with Crippen LogP contribution in [0.15, 0.2) is 55.0 Å². The van der Waals surface area contributed by atoms with Crippen LogP contribution < -0.4 is 0 Å². The number of piperidine rings is 1. The molecule has 0 N–H and O–H groups in total. The lowest BCUT2D eigenvalue weighted by Gasteiger charge is -2.35. The van der Waals surface area contributed by atoms with Gasteiger partial charge in [-0.25, -0.2) is 4.98 Å². The number of benzene rings is 1. The van der Waals surface area contributed by atoms with Crippen molar-refractivity contribution in [3.8, 4) is 0 Å². The maximum absolute atomic E-state index is 12.9. The molecule has 2 aromatic heterocycles. The first-order chi connectivity index (χ1) is 13.8. The lowest BCUT2D eigenvalue weighted by Crippen LogP contribution is -2.44. The summed E-state index contributed by atoms with van der Waals surface area (Å²) in [5.74, 6) is 0.496. The zero-order valence-corrected chi connectivity index (χ0v) is 15.7. The van der Waals surface area contributed by atoms with E-state index in [1.54, 1.807) is 18.6 Å². The molecule has 2 bridgehead atoms. The topological polar surface area (TPSA) is 62.2 Å². The molecule has 6 rings (SSSR count). The third-order valence-electron chi connectivity index (χ3n) is 5.92. The van der Waals surface area contributed by atoms with E-state index in [4.69, 9.17) is 4.98 Å². The predicted molar refractivity (Wildman–Crippen MR) is 107 cm³/mol. The molecule has 3 aliphatic heterocycles. The van der Waals surface area contributed by atoms with Crippen molar-refractivity contribution < 1.29 is 4.79 Å². The molecule has 0 aliphatic carbocycles. The average Bonchev–Trinajstić information content (AvgIpc) is 3.06. The molecule has 0 radical (unpaired) electrons. The van der Waals surface area contributed by atoms with Crippen LogP contribution in [0.4, 0.5) is 0 Å². The molecule has 142 valence electrons. The van der Waals surface area contributed by atoms with Crippen LogP contribution >= 0.6 is 0 Å². The second kappa shape index (κ2) is 7.28. The number of carbonyl (C=O) groups is 1. The number of pyridine rings is 1. The van der Waals surface area contributed by atoms with E-state index in [1.807, 2.05) is 17.0 Å². The van der Waals surface area contributed by atoms with Gasteiger partial charge in [0.25, 0.3) is 5.91 Å². The molecular formula is C22H23N5O. The molecule has 6 heteroatoms.